The SMILES string of the molecule is O=C([O-])c1ccccc1N=Nc1c([O-])ccc2cc(S(=O)(=O)Nc3ccccc3C(=O)O)ccc12.[Na+].[Na+]. The number of nitrogens with one attached hydrogen (secondary N) is 1. The van der Waals surface area contributed by atoms with E-state index in [-0.39, 0.29) is 97.6 Å². The first-order chi connectivity index (χ1) is 16.7. The molecule has 13 heteroatoms. The van der Waals surface area contributed by atoms with Crippen LogP contribution in [-0.2, 0) is 10.0 Å². The Kier molecular flexibility index (Phi) is 10.4. The van der Waals surface area contributed by atoms with E-state index in [9.17, 15) is 33.3 Å². The third-order valence-corrected chi connectivity index (χ3v) is 6.38. The third kappa shape index (κ3) is 6.76. The molecular weight excluding hydrogens is 520 g/mol. The number of carboxylic acids is 2. The second-order valence-corrected chi connectivity index (χ2v) is 8.94. The summed E-state index contributed by atoms with van der Waals surface area (Å²) in [6, 6.07) is 17.8. The number of carbonyl (C=O) groups excluding carboxylic acids is 1. The van der Waals surface area contributed by atoms with Crippen LogP contribution in [0.4, 0.5) is 17.1 Å². The second kappa shape index (κ2) is 12.7. The Morgan fingerprint density at radius 3 is 2.16 bits per heavy atom. The summed E-state index contributed by atoms with van der Waals surface area (Å²) in [7, 11) is -4.17. The molecule has 2 N–H and O–H groups in total. The van der Waals surface area contributed by atoms with E-state index in [0.29, 0.717) is 5.39 Å². The first-order valence-electron chi connectivity index (χ1n) is 9.98. The molecular formula is C24H15N3Na2O7S. The number of hydrogen-bond donors (Lipinski definition) is 2. The van der Waals surface area contributed by atoms with Crippen molar-refractivity contribution in [2.24, 2.45) is 10.2 Å². The maximum Gasteiger partial charge on any atom is 1.00 e. The number of azo groups is 1. The fraction of sp³-hybridized carbons (Fsp3) is 0. The molecule has 0 aliphatic heterocycles. The molecule has 0 saturated carbocycles. The molecule has 0 aliphatic rings. The molecule has 4 rings (SSSR count). The van der Waals surface area contributed by atoms with Crippen LogP contribution in [0.15, 0.2) is 94.0 Å². The average Bonchev–Trinajstić information content (AvgIpc) is 2.83. The van der Waals surface area contributed by atoms with Crippen LogP contribution in [0.1, 0.15) is 20.7 Å². The van der Waals surface area contributed by atoms with Crippen LogP contribution in [0.2, 0.25) is 0 Å². The predicted octanol–water partition coefficient (Wildman–Crippen LogP) is -2.80. The first kappa shape index (κ1) is 30.5. The molecule has 0 radical (unpaired) electrons. The molecule has 0 saturated heterocycles. The van der Waals surface area contributed by atoms with Gasteiger partial charge in [-0.15, -0.1) is 5.11 Å². The van der Waals surface area contributed by atoms with Crippen molar-refractivity contribution in [2.45, 2.75) is 4.90 Å². The van der Waals surface area contributed by atoms with Gasteiger partial charge in [-0.3, -0.25) is 4.72 Å². The van der Waals surface area contributed by atoms with Crippen molar-refractivity contribution in [3.05, 3.63) is 90.0 Å². The molecule has 10 nitrogen and oxygen atoms in total. The van der Waals surface area contributed by atoms with Gasteiger partial charge in [0.2, 0.25) is 0 Å². The zero-order chi connectivity index (χ0) is 25.2. The van der Waals surface area contributed by atoms with E-state index in [1.807, 2.05) is 0 Å². The van der Waals surface area contributed by atoms with Gasteiger partial charge in [-0.25, -0.2) is 13.2 Å². The summed E-state index contributed by atoms with van der Waals surface area (Å²) in [5.74, 6) is -3.25. The number of carboxylic acid groups (broad SMARTS) is 2. The van der Waals surface area contributed by atoms with Crippen molar-refractivity contribution >= 4 is 49.8 Å². The van der Waals surface area contributed by atoms with E-state index < -0.39 is 27.7 Å². The Morgan fingerprint density at radius 1 is 0.838 bits per heavy atom. The molecule has 37 heavy (non-hydrogen) atoms. The fourth-order valence-corrected chi connectivity index (χ4v) is 4.46. The third-order valence-electron chi connectivity index (χ3n) is 5.02. The molecule has 0 spiro atoms. The van der Waals surface area contributed by atoms with Crippen molar-refractivity contribution in [2.75, 3.05) is 4.72 Å². The minimum Gasteiger partial charge on any atom is -0.871 e. The van der Waals surface area contributed by atoms with Crippen molar-refractivity contribution < 1.29 is 92.4 Å². The summed E-state index contributed by atoms with van der Waals surface area (Å²) in [4.78, 5) is 22.5. The summed E-state index contributed by atoms with van der Waals surface area (Å²) < 4.78 is 28.1. The molecule has 0 bridgehead atoms. The van der Waals surface area contributed by atoms with Crippen molar-refractivity contribution in [3.63, 3.8) is 0 Å². The number of carbonyl (C=O) groups is 2. The molecule has 0 aliphatic carbocycles. The van der Waals surface area contributed by atoms with Crippen molar-refractivity contribution in [1.29, 1.82) is 0 Å². The van der Waals surface area contributed by atoms with Crippen molar-refractivity contribution in [3.8, 4) is 5.75 Å². The Morgan fingerprint density at radius 2 is 1.49 bits per heavy atom. The van der Waals surface area contributed by atoms with Crippen LogP contribution in [-0.4, -0.2) is 25.5 Å². The molecule has 0 aromatic heterocycles. The number of fused-ring (bicyclic) bond motifs is 1. The largest absolute Gasteiger partial charge is 1.00 e. The van der Waals surface area contributed by atoms with Crippen molar-refractivity contribution in [1.82, 2.24) is 0 Å². The average molecular weight is 535 g/mol. The quantitative estimate of drug-likeness (QED) is 0.190. The van der Waals surface area contributed by atoms with E-state index in [1.54, 1.807) is 6.07 Å². The molecule has 0 unspecified atom stereocenters. The van der Waals surface area contributed by atoms with Gasteiger partial charge < -0.3 is 20.1 Å². The normalized spacial score (nSPS) is 10.9. The Balaban J connectivity index is 0.00000241. The minimum atomic E-state index is -4.17. The maximum atomic E-state index is 12.9. The topological polar surface area (TPSA) is 171 Å². The van der Waals surface area contributed by atoms with Gasteiger partial charge >= 0.3 is 65.1 Å². The Labute approximate surface area is 255 Å². The zero-order valence-electron chi connectivity index (χ0n) is 19.7. The van der Waals surface area contributed by atoms with Crippen LogP contribution in [0, 0.1) is 0 Å². The molecule has 4 aromatic carbocycles. The van der Waals surface area contributed by atoms with Crippen LogP contribution in [0.3, 0.4) is 0 Å². The van der Waals surface area contributed by atoms with Gasteiger partial charge in [0.25, 0.3) is 10.0 Å². The summed E-state index contributed by atoms with van der Waals surface area (Å²) >= 11 is 0. The standard InChI is InChI=1S/C24H17N3O7S.2Na/c28-21-12-9-14-13-15(35(33,34)27-20-8-4-2-6-18(20)24(31)32)10-11-16(14)22(21)26-25-19-7-3-1-5-17(19)23(29)30;;/h1-13,27-28H,(H,29,30)(H,31,32);;/q;2*+1/p-2. The minimum absolute atomic E-state index is 0. The van der Waals surface area contributed by atoms with Gasteiger partial charge in [-0.05, 0) is 35.7 Å². The van der Waals surface area contributed by atoms with Gasteiger partial charge in [0.15, 0.2) is 0 Å². The summed E-state index contributed by atoms with van der Waals surface area (Å²) in [5, 5.41) is 41.4. The number of sulfonamides is 1. The zero-order valence-corrected chi connectivity index (χ0v) is 24.5. The molecule has 0 fully saturated rings. The van der Waals surface area contributed by atoms with Crippen LogP contribution >= 0.6 is 0 Å². The summed E-state index contributed by atoms with van der Waals surface area (Å²) in [6.45, 7) is 0. The first-order valence-corrected chi connectivity index (χ1v) is 11.5. The molecule has 0 amide bonds. The number of anilines is 1. The number of para-hydroxylation sites is 1. The van der Waals surface area contributed by atoms with E-state index in [0.717, 1.165) is 0 Å². The van der Waals surface area contributed by atoms with Gasteiger partial charge in [0, 0.05) is 10.9 Å². The van der Waals surface area contributed by atoms with Crippen LogP contribution in [0.25, 0.3) is 10.8 Å². The van der Waals surface area contributed by atoms with Gasteiger partial charge in [-0.1, -0.05) is 54.3 Å². The fourth-order valence-electron chi connectivity index (χ4n) is 3.34. The molecule has 4 aromatic rings. The van der Waals surface area contributed by atoms with Crippen LogP contribution in [0.5, 0.6) is 5.75 Å². The maximum absolute atomic E-state index is 12.9. The molecule has 0 atom stereocenters. The summed E-state index contributed by atoms with van der Waals surface area (Å²) in [5.41, 5.74) is -0.637. The summed E-state index contributed by atoms with van der Waals surface area (Å²) in [6.07, 6.45) is 0. The van der Waals surface area contributed by atoms with Gasteiger partial charge in [-0.2, -0.15) is 5.11 Å². The number of benzene rings is 4. The number of hydrogen-bond acceptors (Lipinski definition) is 8. The smallest absolute Gasteiger partial charge is 0.871 e. The molecule has 0 heterocycles. The number of aromatic carboxylic acids is 2. The van der Waals surface area contributed by atoms with E-state index in [1.165, 1.54) is 72.8 Å². The second-order valence-electron chi connectivity index (χ2n) is 7.26. The van der Waals surface area contributed by atoms with Crippen LogP contribution < -0.4 is 74.0 Å². The number of nitrogens with zero attached hydrogens (tertiary/aromatic N) is 2. The van der Waals surface area contributed by atoms with E-state index in [2.05, 4.69) is 15.0 Å². The number of rotatable bonds is 7. The predicted molar refractivity (Wildman–Crippen MR) is 123 cm³/mol. The molecule has 176 valence electrons. The van der Waals surface area contributed by atoms with E-state index >= 15 is 0 Å². The Hall–Kier alpha value is -2.77. The van der Waals surface area contributed by atoms with Gasteiger partial charge in [0.05, 0.1) is 33.5 Å². The van der Waals surface area contributed by atoms with Gasteiger partial charge in [0.1, 0.15) is 0 Å². The monoisotopic (exact) mass is 535 g/mol. The Bertz CT molecular complexity index is 1630. The van der Waals surface area contributed by atoms with E-state index in [4.69, 9.17) is 0 Å².